The average molecular weight is 435 g/mol. The first-order valence-corrected chi connectivity index (χ1v) is 11.0. The summed E-state index contributed by atoms with van der Waals surface area (Å²) in [6.07, 6.45) is 1.63. The molecule has 1 heterocycles. The van der Waals surface area contributed by atoms with Crippen molar-refractivity contribution < 1.29 is 23.5 Å². The van der Waals surface area contributed by atoms with E-state index in [4.69, 9.17) is 5.11 Å². The molecule has 0 saturated heterocycles. The Balaban J connectivity index is 1.26. The van der Waals surface area contributed by atoms with Gasteiger partial charge >= 0.3 is 5.97 Å². The van der Waals surface area contributed by atoms with Gasteiger partial charge in [0.05, 0.1) is 11.1 Å². The van der Waals surface area contributed by atoms with Crippen LogP contribution in [0.5, 0.6) is 0 Å². The van der Waals surface area contributed by atoms with Gasteiger partial charge in [-0.1, -0.05) is 12.1 Å². The molecule has 1 amide bonds. The van der Waals surface area contributed by atoms with E-state index in [0.717, 1.165) is 16.9 Å². The molecule has 3 atom stereocenters. The molecule has 2 aliphatic rings. The highest BCUT2D eigenvalue weighted by molar-refractivity contribution is 7.10. The number of benzene rings is 1. The van der Waals surface area contributed by atoms with Gasteiger partial charge in [0.2, 0.25) is 5.92 Å². The van der Waals surface area contributed by atoms with Crippen LogP contribution in [0.15, 0.2) is 35.7 Å². The zero-order valence-electron chi connectivity index (χ0n) is 16.4. The maximum absolute atomic E-state index is 13.5. The summed E-state index contributed by atoms with van der Waals surface area (Å²) in [6.45, 7) is 0.648. The summed E-state index contributed by atoms with van der Waals surface area (Å²) >= 11 is 1.53. The van der Waals surface area contributed by atoms with Crippen molar-refractivity contribution in [2.45, 2.75) is 62.6 Å². The largest absolute Gasteiger partial charge is 0.478 e. The number of nitrogens with one attached hydrogen (secondary N) is 2. The Bertz CT molecular complexity index is 929. The predicted octanol–water partition coefficient (Wildman–Crippen LogP) is 4.40. The highest BCUT2D eigenvalue weighted by Crippen LogP contribution is 2.43. The minimum atomic E-state index is -2.68. The molecule has 2 aliphatic carbocycles. The first-order chi connectivity index (χ1) is 14.3. The van der Waals surface area contributed by atoms with Crippen LogP contribution in [0.3, 0.4) is 0 Å². The van der Waals surface area contributed by atoms with E-state index in [2.05, 4.69) is 10.6 Å². The topological polar surface area (TPSA) is 78.4 Å². The molecule has 2 fully saturated rings. The number of hydrogen-bond donors (Lipinski definition) is 3. The summed E-state index contributed by atoms with van der Waals surface area (Å²) < 4.78 is 27.1. The number of carbonyl (C=O) groups is 2. The number of hydrogen-bond acceptors (Lipinski definition) is 4. The molecule has 0 spiro atoms. The van der Waals surface area contributed by atoms with Crippen molar-refractivity contribution in [1.82, 2.24) is 10.6 Å². The molecule has 1 aromatic carbocycles. The lowest BCUT2D eigenvalue weighted by atomic mass is 9.92. The van der Waals surface area contributed by atoms with E-state index in [9.17, 15) is 18.4 Å². The Kier molecular flexibility index (Phi) is 5.88. The molecule has 1 aromatic heterocycles. The van der Waals surface area contributed by atoms with Crippen molar-refractivity contribution in [2.24, 2.45) is 0 Å². The molecule has 2 saturated carbocycles. The summed E-state index contributed by atoms with van der Waals surface area (Å²) in [6, 6.07) is 8.51. The molecule has 160 valence electrons. The lowest BCUT2D eigenvalue weighted by Crippen LogP contribution is -2.41. The molecule has 4 rings (SSSR count). The molecule has 2 aromatic rings. The van der Waals surface area contributed by atoms with Crippen LogP contribution >= 0.6 is 11.3 Å². The molecule has 0 bridgehead atoms. The molecule has 1 unspecified atom stereocenters. The molecule has 0 aliphatic heterocycles. The van der Waals surface area contributed by atoms with Gasteiger partial charge in [-0.2, -0.15) is 0 Å². The van der Waals surface area contributed by atoms with Gasteiger partial charge in [0.15, 0.2) is 0 Å². The van der Waals surface area contributed by atoms with E-state index < -0.39 is 17.9 Å². The lowest BCUT2D eigenvalue weighted by molar-refractivity contribution is -0.0429. The van der Waals surface area contributed by atoms with Gasteiger partial charge in [-0.25, -0.2) is 13.6 Å². The zero-order valence-corrected chi connectivity index (χ0v) is 17.2. The molecule has 5 nitrogen and oxygen atoms in total. The van der Waals surface area contributed by atoms with E-state index >= 15 is 0 Å². The average Bonchev–Trinajstić information content (AvgIpc) is 3.30. The Morgan fingerprint density at radius 1 is 1.20 bits per heavy atom. The number of carboxylic acids is 1. The van der Waals surface area contributed by atoms with Crippen molar-refractivity contribution in [3.63, 3.8) is 0 Å². The molecular formula is C22H24F2N2O3S. The normalized spacial score (nSPS) is 24.9. The van der Waals surface area contributed by atoms with Crippen LogP contribution in [0.25, 0.3) is 0 Å². The molecule has 0 radical (unpaired) electrons. The highest BCUT2D eigenvalue weighted by atomic mass is 32.1. The summed E-state index contributed by atoms with van der Waals surface area (Å²) in [5, 5.41) is 17.0. The van der Waals surface area contributed by atoms with Crippen molar-refractivity contribution in [1.29, 1.82) is 0 Å². The van der Waals surface area contributed by atoms with Crippen LogP contribution in [-0.2, 0) is 6.54 Å². The Morgan fingerprint density at radius 2 is 1.97 bits per heavy atom. The molecule has 30 heavy (non-hydrogen) atoms. The Hall–Kier alpha value is -2.32. The number of rotatable bonds is 7. The SMILES string of the molecule is O=C(O)c1ccc(CN[C@@H]2C[C@H]2c2cc(C(=O)NC3CCCC(F)(F)C3)cs2)cc1. The van der Waals surface area contributed by atoms with Crippen LogP contribution in [0.2, 0.25) is 0 Å². The number of alkyl halides is 2. The first kappa shape index (κ1) is 20.9. The second kappa shape index (κ2) is 8.43. The van der Waals surface area contributed by atoms with E-state index in [0.29, 0.717) is 36.9 Å². The smallest absolute Gasteiger partial charge is 0.335 e. The third kappa shape index (κ3) is 5.05. The molecule has 8 heteroatoms. The van der Waals surface area contributed by atoms with Gasteiger partial charge in [0.25, 0.3) is 5.91 Å². The summed E-state index contributed by atoms with van der Waals surface area (Å²) in [4.78, 5) is 24.5. The van der Waals surface area contributed by atoms with Gasteiger partial charge < -0.3 is 15.7 Å². The van der Waals surface area contributed by atoms with Crippen molar-refractivity contribution >= 4 is 23.2 Å². The van der Waals surface area contributed by atoms with Crippen molar-refractivity contribution in [3.8, 4) is 0 Å². The standard InChI is InChI=1S/C22H24F2N2O3S/c23-22(24)7-1-2-16(10-22)26-20(27)15-8-19(30-12-15)17-9-18(17)25-11-13-3-5-14(6-4-13)21(28)29/h3-6,8,12,16-18,25H,1-2,7,9-11H2,(H,26,27)(H,28,29)/t16?,17-,18-/m1/s1. The molecule has 3 N–H and O–H groups in total. The fraction of sp³-hybridized carbons (Fsp3) is 0.455. The second-order valence-corrected chi connectivity index (χ2v) is 9.13. The summed E-state index contributed by atoms with van der Waals surface area (Å²) in [7, 11) is 0. The van der Waals surface area contributed by atoms with E-state index in [1.54, 1.807) is 29.6 Å². The quantitative estimate of drug-likeness (QED) is 0.604. The van der Waals surface area contributed by atoms with Crippen LogP contribution in [0, 0.1) is 0 Å². The number of carboxylic acid groups (broad SMARTS) is 1. The van der Waals surface area contributed by atoms with E-state index in [1.165, 1.54) is 11.3 Å². The number of halogens is 2. The van der Waals surface area contributed by atoms with Crippen molar-refractivity contribution in [3.05, 3.63) is 57.3 Å². The van der Waals surface area contributed by atoms with E-state index in [1.807, 2.05) is 6.07 Å². The lowest BCUT2D eigenvalue weighted by Gasteiger charge is -2.29. The third-order valence-electron chi connectivity index (χ3n) is 5.78. The first-order valence-electron chi connectivity index (χ1n) is 10.1. The van der Waals surface area contributed by atoms with Crippen molar-refractivity contribution in [2.75, 3.05) is 0 Å². The van der Waals surface area contributed by atoms with Crippen LogP contribution in [-0.4, -0.2) is 35.0 Å². The Morgan fingerprint density at radius 3 is 2.67 bits per heavy atom. The van der Waals surface area contributed by atoms with Gasteiger partial charge in [-0.05, 0) is 43.0 Å². The maximum atomic E-state index is 13.5. The Labute approximate surface area is 177 Å². The maximum Gasteiger partial charge on any atom is 0.335 e. The fourth-order valence-corrected chi connectivity index (χ4v) is 5.05. The minimum absolute atomic E-state index is 0.0955. The van der Waals surface area contributed by atoms with Crippen LogP contribution < -0.4 is 10.6 Å². The van der Waals surface area contributed by atoms with E-state index in [-0.39, 0.29) is 24.3 Å². The fourth-order valence-electron chi connectivity index (χ4n) is 3.98. The van der Waals surface area contributed by atoms with Gasteiger partial charge in [-0.15, -0.1) is 11.3 Å². The number of thiophene rings is 1. The summed E-state index contributed by atoms with van der Waals surface area (Å²) in [5.41, 5.74) is 1.82. The van der Waals surface area contributed by atoms with Gasteiger partial charge in [-0.3, -0.25) is 4.79 Å². The van der Waals surface area contributed by atoms with Crippen LogP contribution in [0.1, 0.15) is 69.2 Å². The van der Waals surface area contributed by atoms with Gasteiger partial charge in [0, 0.05) is 47.6 Å². The minimum Gasteiger partial charge on any atom is -0.478 e. The number of aromatic carboxylic acids is 1. The highest BCUT2D eigenvalue weighted by Gasteiger charge is 2.40. The number of carbonyl (C=O) groups excluding carboxylic acids is 1. The van der Waals surface area contributed by atoms with Gasteiger partial charge in [0.1, 0.15) is 0 Å². The monoisotopic (exact) mass is 434 g/mol. The zero-order chi connectivity index (χ0) is 21.3. The second-order valence-electron chi connectivity index (χ2n) is 8.19. The third-order valence-corrected chi connectivity index (χ3v) is 6.85. The number of amides is 1. The van der Waals surface area contributed by atoms with Crippen LogP contribution in [0.4, 0.5) is 8.78 Å². The predicted molar refractivity (Wildman–Crippen MR) is 110 cm³/mol. The molecular weight excluding hydrogens is 410 g/mol. The summed E-state index contributed by atoms with van der Waals surface area (Å²) in [5.74, 6) is -3.55.